The van der Waals surface area contributed by atoms with E-state index in [1.807, 2.05) is 0 Å². The average Bonchev–Trinajstić information content (AvgIpc) is 2.46. The van der Waals surface area contributed by atoms with Crippen molar-refractivity contribution in [1.82, 2.24) is 0 Å². The second-order valence-corrected chi connectivity index (χ2v) is 4.30. The van der Waals surface area contributed by atoms with E-state index < -0.39 is 11.9 Å². The highest BCUT2D eigenvalue weighted by atomic mass is 16.6. The van der Waals surface area contributed by atoms with Crippen LogP contribution in [0.25, 0.3) is 0 Å². The lowest BCUT2D eigenvalue weighted by molar-refractivity contribution is -0.149. The molecule has 0 heterocycles. The van der Waals surface area contributed by atoms with Gasteiger partial charge in [0.1, 0.15) is 6.61 Å². The molecule has 7 heteroatoms. The molecule has 0 amide bonds. The van der Waals surface area contributed by atoms with Crippen molar-refractivity contribution in [1.29, 1.82) is 0 Å². The zero-order chi connectivity index (χ0) is 15.8. The molecule has 1 N–H and O–H groups in total. The first-order valence-corrected chi connectivity index (χ1v) is 7.27. The van der Waals surface area contributed by atoms with Crippen LogP contribution in [-0.2, 0) is 28.5 Å². The Morgan fingerprint density at radius 2 is 1.33 bits per heavy atom. The van der Waals surface area contributed by atoms with Crippen molar-refractivity contribution in [2.45, 2.75) is 32.6 Å². The number of carbonyl (C=O) groups excluding carboxylic acids is 1. The number of carboxylic acids is 1. The van der Waals surface area contributed by atoms with E-state index in [2.05, 4.69) is 6.92 Å². The van der Waals surface area contributed by atoms with Gasteiger partial charge in [-0.3, -0.25) is 9.59 Å². The number of hydrogen-bond acceptors (Lipinski definition) is 6. The van der Waals surface area contributed by atoms with Crippen LogP contribution in [0.2, 0.25) is 0 Å². The number of carboxylic acid groups (broad SMARTS) is 1. The van der Waals surface area contributed by atoms with Gasteiger partial charge >= 0.3 is 11.9 Å². The Balaban J connectivity index is 3.12. The lowest BCUT2D eigenvalue weighted by Gasteiger charge is -2.07. The Bertz CT molecular complexity index is 268. The van der Waals surface area contributed by atoms with E-state index in [4.69, 9.17) is 24.1 Å². The van der Waals surface area contributed by atoms with Crippen LogP contribution in [0.4, 0.5) is 0 Å². The molecule has 0 aliphatic carbocycles. The molecule has 0 aliphatic heterocycles. The second kappa shape index (κ2) is 15.2. The van der Waals surface area contributed by atoms with Crippen LogP contribution in [0.5, 0.6) is 0 Å². The molecular formula is C14H26O7. The van der Waals surface area contributed by atoms with Gasteiger partial charge < -0.3 is 24.1 Å². The number of rotatable bonds is 15. The van der Waals surface area contributed by atoms with E-state index >= 15 is 0 Å². The normalized spacial score (nSPS) is 10.5. The van der Waals surface area contributed by atoms with Gasteiger partial charge in [-0.15, -0.1) is 0 Å². The van der Waals surface area contributed by atoms with Crippen molar-refractivity contribution < 1.29 is 33.6 Å². The maximum atomic E-state index is 11.0. The van der Waals surface area contributed by atoms with Crippen molar-refractivity contribution in [2.75, 3.05) is 46.2 Å². The highest BCUT2D eigenvalue weighted by molar-refractivity contribution is 5.76. The quantitative estimate of drug-likeness (QED) is 0.359. The summed E-state index contributed by atoms with van der Waals surface area (Å²) >= 11 is 0. The monoisotopic (exact) mass is 306 g/mol. The molecule has 0 aliphatic rings. The SMILES string of the molecule is CCCCOCCOCCOCCOC(=O)CCC(=O)O. The van der Waals surface area contributed by atoms with E-state index in [1.165, 1.54) is 0 Å². The van der Waals surface area contributed by atoms with Crippen molar-refractivity contribution in [3.05, 3.63) is 0 Å². The topological polar surface area (TPSA) is 91.3 Å². The molecule has 21 heavy (non-hydrogen) atoms. The van der Waals surface area contributed by atoms with Crippen LogP contribution < -0.4 is 0 Å². The lowest BCUT2D eigenvalue weighted by Crippen LogP contribution is -2.14. The summed E-state index contributed by atoms with van der Waals surface area (Å²) < 4.78 is 20.6. The van der Waals surface area contributed by atoms with Crippen molar-refractivity contribution in [3.8, 4) is 0 Å². The van der Waals surface area contributed by atoms with Gasteiger partial charge in [0.2, 0.25) is 0 Å². The summed E-state index contributed by atoms with van der Waals surface area (Å²) in [7, 11) is 0. The van der Waals surface area contributed by atoms with E-state index in [9.17, 15) is 9.59 Å². The van der Waals surface area contributed by atoms with Crippen LogP contribution >= 0.6 is 0 Å². The largest absolute Gasteiger partial charge is 0.481 e. The summed E-state index contributed by atoms with van der Waals surface area (Å²) in [5.41, 5.74) is 0. The number of carbonyl (C=O) groups is 2. The molecule has 0 spiro atoms. The molecule has 0 aromatic rings. The maximum absolute atomic E-state index is 11.0. The molecule has 0 bridgehead atoms. The molecule has 7 nitrogen and oxygen atoms in total. The summed E-state index contributed by atoms with van der Waals surface area (Å²) in [6, 6.07) is 0. The molecule has 0 fully saturated rings. The van der Waals surface area contributed by atoms with Crippen LogP contribution in [0.1, 0.15) is 32.6 Å². The minimum atomic E-state index is -1.01. The Kier molecular flexibility index (Phi) is 14.4. The Morgan fingerprint density at radius 1 is 0.810 bits per heavy atom. The van der Waals surface area contributed by atoms with E-state index in [-0.39, 0.29) is 26.1 Å². The van der Waals surface area contributed by atoms with Gasteiger partial charge in [-0.2, -0.15) is 0 Å². The van der Waals surface area contributed by atoms with Crippen LogP contribution in [0.15, 0.2) is 0 Å². The molecule has 0 radical (unpaired) electrons. The minimum absolute atomic E-state index is 0.115. The standard InChI is InChI=1S/C14H26O7/c1-2-3-6-18-7-8-19-9-10-20-11-12-21-14(17)5-4-13(15)16/h2-12H2,1H3,(H,15,16). The van der Waals surface area contributed by atoms with Gasteiger partial charge in [-0.1, -0.05) is 13.3 Å². The molecule has 0 unspecified atom stereocenters. The number of unbranched alkanes of at least 4 members (excludes halogenated alkanes) is 1. The highest BCUT2D eigenvalue weighted by Gasteiger charge is 2.05. The first kappa shape index (κ1) is 19.8. The number of esters is 1. The summed E-state index contributed by atoms with van der Waals surface area (Å²) in [5, 5.41) is 8.38. The van der Waals surface area contributed by atoms with Gasteiger partial charge in [0.15, 0.2) is 0 Å². The average molecular weight is 306 g/mol. The van der Waals surface area contributed by atoms with Crippen molar-refractivity contribution >= 4 is 11.9 Å². The Morgan fingerprint density at radius 3 is 1.86 bits per heavy atom. The Labute approximate surface area is 125 Å². The highest BCUT2D eigenvalue weighted by Crippen LogP contribution is 1.93. The fourth-order valence-electron chi connectivity index (χ4n) is 1.28. The van der Waals surface area contributed by atoms with Gasteiger partial charge in [-0.25, -0.2) is 0 Å². The number of ether oxygens (including phenoxy) is 4. The minimum Gasteiger partial charge on any atom is -0.481 e. The van der Waals surface area contributed by atoms with Gasteiger partial charge in [0.25, 0.3) is 0 Å². The molecule has 0 rings (SSSR count). The molecule has 0 aromatic carbocycles. The first-order chi connectivity index (χ1) is 10.2. The molecular weight excluding hydrogens is 280 g/mol. The van der Waals surface area contributed by atoms with E-state index in [0.29, 0.717) is 26.4 Å². The van der Waals surface area contributed by atoms with E-state index in [1.54, 1.807) is 0 Å². The molecule has 0 aromatic heterocycles. The van der Waals surface area contributed by atoms with Crippen LogP contribution in [0.3, 0.4) is 0 Å². The Hall–Kier alpha value is -1.18. The lowest BCUT2D eigenvalue weighted by atomic mass is 10.3. The predicted octanol–water partition coefficient (Wildman–Crippen LogP) is 1.24. The van der Waals surface area contributed by atoms with Gasteiger partial charge in [-0.05, 0) is 6.42 Å². The zero-order valence-corrected chi connectivity index (χ0v) is 12.7. The molecule has 0 saturated carbocycles. The van der Waals surface area contributed by atoms with E-state index in [0.717, 1.165) is 19.4 Å². The summed E-state index contributed by atoms with van der Waals surface area (Å²) in [4.78, 5) is 21.3. The molecule has 0 saturated heterocycles. The predicted molar refractivity (Wildman–Crippen MR) is 75.2 cm³/mol. The zero-order valence-electron chi connectivity index (χ0n) is 12.7. The van der Waals surface area contributed by atoms with Crippen LogP contribution in [0, 0.1) is 0 Å². The first-order valence-electron chi connectivity index (χ1n) is 7.27. The third kappa shape index (κ3) is 16.8. The van der Waals surface area contributed by atoms with Crippen molar-refractivity contribution in [3.63, 3.8) is 0 Å². The van der Waals surface area contributed by atoms with Gasteiger partial charge in [0, 0.05) is 6.61 Å². The molecule has 0 atom stereocenters. The smallest absolute Gasteiger partial charge is 0.306 e. The fourth-order valence-corrected chi connectivity index (χ4v) is 1.28. The fraction of sp³-hybridized carbons (Fsp3) is 0.857. The number of hydrogen-bond donors (Lipinski definition) is 1. The second-order valence-electron chi connectivity index (χ2n) is 4.30. The number of aliphatic carboxylic acids is 1. The maximum Gasteiger partial charge on any atom is 0.306 e. The third-order valence-electron chi connectivity index (χ3n) is 2.42. The summed E-state index contributed by atoms with van der Waals surface area (Å²) in [6.45, 7) is 5.28. The van der Waals surface area contributed by atoms with Crippen LogP contribution in [-0.4, -0.2) is 63.3 Å². The summed E-state index contributed by atoms with van der Waals surface area (Å²) in [5.74, 6) is -1.54. The van der Waals surface area contributed by atoms with Crippen molar-refractivity contribution in [2.24, 2.45) is 0 Å². The summed E-state index contributed by atoms with van der Waals surface area (Å²) in [6.07, 6.45) is 1.86. The third-order valence-corrected chi connectivity index (χ3v) is 2.42. The van der Waals surface area contributed by atoms with Gasteiger partial charge in [0.05, 0.1) is 45.9 Å². The molecule has 124 valence electrons.